The van der Waals surface area contributed by atoms with Gasteiger partial charge in [-0.1, -0.05) is 35.3 Å². The number of carbonyl (C=O) groups excluding carboxylic acids is 1. The summed E-state index contributed by atoms with van der Waals surface area (Å²) in [5.41, 5.74) is 1.86. The van der Waals surface area contributed by atoms with Gasteiger partial charge in [-0.2, -0.15) is 0 Å². The van der Waals surface area contributed by atoms with Crippen LogP contribution in [-0.2, 0) is 0 Å². The highest BCUT2D eigenvalue weighted by Crippen LogP contribution is 2.23. The van der Waals surface area contributed by atoms with E-state index in [4.69, 9.17) is 23.2 Å². The molecule has 0 aliphatic heterocycles. The van der Waals surface area contributed by atoms with Gasteiger partial charge in [-0.05, 0) is 37.3 Å². The van der Waals surface area contributed by atoms with Crippen molar-refractivity contribution < 1.29 is 4.79 Å². The number of anilines is 1. The molecule has 1 amide bonds. The minimum atomic E-state index is -0.368. The molecule has 1 heterocycles. The minimum absolute atomic E-state index is 0.278. The van der Waals surface area contributed by atoms with Crippen LogP contribution in [-0.4, -0.2) is 15.5 Å². The fourth-order valence-electron chi connectivity index (χ4n) is 2.41. The summed E-state index contributed by atoms with van der Waals surface area (Å²) >= 11 is 11.9. The van der Waals surface area contributed by atoms with Gasteiger partial charge < -0.3 is 10.3 Å². The molecule has 0 radical (unpaired) electrons. The lowest BCUT2D eigenvalue weighted by molar-refractivity contribution is 0.102. The van der Waals surface area contributed by atoms with Crippen molar-refractivity contribution in [3.8, 4) is 5.69 Å². The van der Waals surface area contributed by atoms with Crippen molar-refractivity contribution in [2.75, 3.05) is 5.32 Å². The Labute approximate surface area is 147 Å². The number of halogens is 2. The number of nitrogens with zero attached hydrogens (tertiary/aromatic N) is 1. The number of aromatic amines is 1. The smallest absolute Gasteiger partial charge is 0.320 e. The number of aromatic nitrogens is 2. The Morgan fingerprint density at radius 1 is 1.12 bits per heavy atom. The molecule has 7 heteroatoms. The van der Waals surface area contributed by atoms with Crippen LogP contribution in [0.4, 0.5) is 5.69 Å². The van der Waals surface area contributed by atoms with Gasteiger partial charge in [0.2, 0.25) is 0 Å². The Kier molecular flexibility index (Phi) is 4.46. The number of benzene rings is 2. The molecular formula is C17H13Cl2N3O2. The average Bonchev–Trinajstić information content (AvgIpc) is 2.86. The number of hydrogen-bond acceptors (Lipinski definition) is 2. The number of H-pyrrole nitrogens is 1. The quantitative estimate of drug-likeness (QED) is 0.739. The molecule has 24 heavy (non-hydrogen) atoms. The Morgan fingerprint density at radius 2 is 1.79 bits per heavy atom. The first-order valence-electron chi connectivity index (χ1n) is 7.09. The lowest BCUT2D eigenvalue weighted by Gasteiger charge is -2.12. The van der Waals surface area contributed by atoms with Crippen molar-refractivity contribution in [3.63, 3.8) is 0 Å². The highest BCUT2D eigenvalue weighted by Gasteiger charge is 2.13. The van der Waals surface area contributed by atoms with Crippen molar-refractivity contribution in [1.29, 1.82) is 0 Å². The van der Waals surface area contributed by atoms with Crippen LogP contribution in [0.5, 0.6) is 0 Å². The fourth-order valence-corrected chi connectivity index (χ4v) is 2.93. The van der Waals surface area contributed by atoms with Gasteiger partial charge in [0.1, 0.15) is 0 Å². The Hall–Kier alpha value is -2.50. The molecule has 1 aromatic heterocycles. The van der Waals surface area contributed by atoms with E-state index in [9.17, 15) is 9.59 Å². The Balaban J connectivity index is 2.00. The van der Waals surface area contributed by atoms with Gasteiger partial charge in [-0.25, -0.2) is 4.79 Å². The normalized spacial score (nSPS) is 10.6. The summed E-state index contributed by atoms with van der Waals surface area (Å²) in [6, 6.07) is 11.6. The first kappa shape index (κ1) is 16.4. The molecule has 0 aliphatic carbocycles. The van der Waals surface area contributed by atoms with Gasteiger partial charge in [0, 0.05) is 27.5 Å². The zero-order valence-corrected chi connectivity index (χ0v) is 14.2. The van der Waals surface area contributed by atoms with E-state index in [0.29, 0.717) is 27.0 Å². The van der Waals surface area contributed by atoms with Crippen molar-refractivity contribution in [2.45, 2.75) is 6.92 Å². The molecule has 5 nitrogen and oxygen atoms in total. The summed E-state index contributed by atoms with van der Waals surface area (Å²) in [7, 11) is 0. The van der Waals surface area contributed by atoms with E-state index in [2.05, 4.69) is 10.3 Å². The molecule has 0 saturated carbocycles. The van der Waals surface area contributed by atoms with Crippen LogP contribution in [0.2, 0.25) is 10.0 Å². The number of carbonyl (C=O) groups is 1. The third kappa shape index (κ3) is 3.22. The molecule has 0 atom stereocenters. The third-order valence-corrected chi connectivity index (χ3v) is 3.91. The number of para-hydroxylation sites is 2. The summed E-state index contributed by atoms with van der Waals surface area (Å²) in [6.45, 7) is 1.80. The first-order valence-corrected chi connectivity index (χ1v) is 7.85. The number of imidazole rings is 1. The Morgan fingerprint density at radius 3 is 2.42 bits per heavy atom. The van der Waals surface area contributed by atoms with Crippen LogP contribution in [0.3, 0.4) is 0 Å². The average molecular weight is 362 g/mol. The maximum Gasteiger partial charge on any atom is 0.330 e. The number of amides is 1. The van der Waals surface area contributed by atoms with Crippen LogP contribution < -0.4 is 11.0 Å². The van der Waals surface area contributed by atoms with Crippen molar-refractivity contribution in [2.24, 2.45) is 0 Å². The molecule has 3 rings (SSSR count). The zero-order valence-electron chi connectivity index (χ0n) is 12.6. The molecule has 3 aromatic rings. The van der Waals surface area contributed by atoms with Crippen LogP contribution >= 0.6 is 23.2 Å². The summed E-state index contributed by atoms with van der Waals surface area (Å²) in [6.07, 6.45) is 1.61. The first-order chi connectivity index (χ1) is 11.5. The second-order valence-corrected chi connectivity index (χ2v) is 6.07. The predicted octanol–water partition coefficient (Wildman–Crippen LogP) is 4.03. The zero-order chi connectivity index (χ0) is 17.3. The maximum absolute atomic E-state index is 12.5. The monoisotopic (exact) mass is 361 g/mol. The van der Waals surface area contributed by atoms with Crippen LogP contribution in [0, 0.1) is 6.92 Å². The molecule has 0 fully saturated rings. The van der Waals surface area contributed by atoms with Crippen LogP contribution in [0.15, 0.2) is 53.5 Å². The van der Waals surface area contributed by atoms with E-state index in [1.807, 2.05) is 0 Å². The van der Waals surface area contributed by atoms with E-state index in [-0.39, 0.29) is 11.6 Å². The van der Waals surface area contributed by atoms with E-state index in [1.165, 1.54) is 16.7 Å². The van der Waals surface area contributed by atoms with Gasteiger partial charge in [0.15, 0.2) is 0 Å². The molecule has 0 bridgehead atoms. The van der Waals surface area contributed by atoms with Crippen LogP contribution in [0.25, 0.3) is 5.69 Å². The van der Waals surface area contributed by atoms with Crippen LogP contribution in [0.1, 0.15) is 16.1 Å². The Bertz CT molecular complexity index is 956. The summed E-state index contributed by atoms with van der Waals surface area (Å²) in [5, 5.41) is 3.54. The van der Waals surface area contributed by atoms with Crippen molar-refractivity contribution in [1.82, 2.24) is 9.55 Å². The molecule has 0 saturated heterocycles. The standard InChI is InChI=1S/C17H13Cl2N3O2/c1-10-9-20-17(24)22(10)15-5-3-2-4-14(15)21-16(23)11-6-12(18)8-13(19)7-11/h2-9H,1H3,(H,20,24)(H,21,23). The van der Waals surface area contributed by atoms with Gasteiger partial charge in [-0.15, -0.1) is 0 Å². The molecule has 0 aliphatic rings. The van der Waals surface area contributed by atoms with Gasteiger partial charge >= 0.3 is 5.69 Å². The summed E-state index contributed by atoms with van der Waals surface area (Å²) in [4.78, 5) is 27.1. The number of nitrogens with one attached hydrogen (secondary N) is 2. The second kappa shape index (κ2) is 6.55. The van der Waals surface area contributed by atoms with E-state index in [0.717, 1.165) is 5.69 Å². The van der Waals surface area contributed by atoms with E-state index >= 15 is 0 Å². The van der Waals surface area contributed by atoms with Gasteiger partial charge in [-0.3, -0.25) is 9.36 Å². The minimum Gasteiger partial charge on any atom is -0.320 e. The number of rotatable bonds is 3. The number of aryl methyl sites for hydroxylation is 1. The fraction of sp³-hybridized carbons (Fsp3) is 0.0588. The number of hydrogen-bond donors (Lipinski definition) is 2. The molecular weight excluding hydrogens is 349 g/mol. The molecule has 0 unspecified atom stereocenters. The van der Waals surface area contributed by atoms with Gasteiger partial charge in [0.25, 0.3) is 5.91 Å². The predicted molar refractivity (Wildman–Crippen MR) is 95.5 cm³/mol. The topological polar surface area (TPSA) is 66.9 Å². The molecule has 122 valence electrons. The molecule has 2 aromatic carbocycles. The summed E-state index contributed by atoms with van der Waals surface area (Å²) < 4.78 is 1.49. The summed E-state index contributed by atoms with van der Waals surface area (Å²) in [5.74, 6) is -0.368. The lowest BCUT2D eigenvalue weighted by atomic mass is 10.2. The third-order valence-electron chi connectivity index (χ3n) is 3.48. The van der Waals surface area contributed by atoms with Crippen molar-refractivity contribution in [3.05, 3.63) is 80.4 Å². The van der Waals surface area contributed by atoms with Gasteiger partial charge in [0.05, 0.1) is 11.4 Å². The van der Waals surface area contributed by atoms with E-state index in [1.54, 1.807) is 43.5 Å². The lowest BCUT2D eigenvalue weighted by Crippen LogP contribution is -2.19. The molecule has 2 N–H and O–H groups in total. The maximum atomic E-state index is 12.5. The largest absolute Gasteiger partial charge is 0.330 e. The second-order valence-electron chi connectivity index (χ2n) is 5.20. The highest BCUT2D eigenvalue weighted by molar-refractivity contribution is 6.35. The van der Waals surface area contributed by atoms with E-state index < -0.39 is 0 Å². The molecule has 0 spiro atoms. The van der Waals surface area contributed by atoms with Crippen molar-refractivity contribution >= 4 is 34.8 Å². The SMILES string of the molecule is Cc1c[nH]c(=O)n1-c1ccccc1NC(=O)c1cc(Cl)cc(Cl)c1. The highest BCUT2D eigenvalue weighted by atomic mass is 35.5.